The third-order valence-electron chi connectivity index (χ3n) is 8.20. The van der Waals surface area contributed by atoms with Crippen LogP contribution in [0.15, 0.2) is 47.9 Å². The smallest absolute Gasteiger partial charge is 0.186 e. The molecule has 0 amide bonds. The number of sulfone groups is 1. The van der Waals surface area contributed by atoms with Crippen molar-refractivity contribution in [1.82, 2.24) is 29.3 Å². The van der Waals surface area contributed by atoms with Gasteiger partial charge in [-0.05, 0) is 31.1 Å². The monoisotopic (exact) mass is 778 g/mol. The summed E-state index contributed by atoms with van der Waals surface area (Å²) in [6.45, 7) is 15.9. The second-order valence-electron chi connectivity index (χ2n) is 14.8. The largest absolute Gasteiger partial charge is 0.361 e. The molecule has 0 N–H and O–H groups in total. The summed E-state index contributed by atoms with van der Waals surface area (Å²) in [5.41, 5.74) is -1.38. The number of hydrogen-bond acceptors (Lipinski definition) is 8. The average molecular weight is 779 g/mol. The van der Waals surface area contributed by atoms with Crippen LogP contribution in [0.2, 0.25) is 56.4 Å². The van der Waals surface area contributed by atoms with Gasteiger partial charge >= 0.3 is 0 Å². The van der Waals surface area contributed by atoms with Crippen LogP contribution in [-0.2, 0) is 38.5 Å². The Hall–Kier alpha value is -3.42. The quantitative estimate of drug-likeness (QED) is 0.0770. The van der Waals surface area contributed by atoms with Crippen molar-refractivity contribution in [2.45, 2.75) is 82.4 Å². The molecule has 4 heterocycles. The number of aromatic nitrogens is 6. The molecular weight excluding hydrogens is 737 g/mol. The minimum atomic E-state index is -4.23. The minimum absolute atomic E-state index is 0.0601. The number of aryl methyl sites for hydroxylation is 1. The van der Waals surface area contributed by atoms with Crippen molar-refractivity contribution < 1.29 is 31.1 Å². The molecule has 0 saturated heterocycles. The highest BCUT2D eigenvalue weighted by molar-refractivity contribution is 7.90. The van der Waals surface area contributed by atoms with Gasteiger partial charge in [-0.3, -0.25) is 9.97 Å². The summed E-state index contributed by atoms with van der Waals surface area (Å²) in [5, 5.41) is 5.09. The van der Waals surface area contributed by atoms with E-state index in [0.717, 1.165) is 12.1 Å². The van der Waals surface area contributed by atoms with Crippen LogP contribution in [0.1, 0.15) is 11.4 Å². The van der Waals surface area contributed by atoms with Crippen LogP contribution in [0.5, 0.6) is 0 Å². The lowest BCUT2D eigenvalue weighted by molar-refractivity contribution is 0.0812. The van der Waals surface area contributed by atoms with Gasteiger partial charge in [0.2, 0.25) is 0 Å². The summed E-state index contributed by atoms with van der Waals surface area (Å²) < 4.78 is 89.9. The summed E-state index contributed by atoms with van der Waals surface area (Å²) in [5.74, 6) is -3.98. The molecule has 0 bridgehead atoms. The van der Waals surface area contributed by atoms with Gasteiger partial charge in [0.15, 0.2) is 33.1 Å². The Kier molecular flexibility index (Phi) is 11.6. The van der Waals surface area contributed by atoms with Crippen LogP contribution >= 0.6 is 11.6 Å². The van der Waals surface area contributed by atoms with Gasteiger partial charge in [0.1, 0.15) is 30.4 Å². The number of imidazole rings is 1. The Morgan fingerprint density at radius 1 is 0.882 bits per heavy atom. The van der Waals surface area contributed by atoms with E-state index >= 15 is 13.2 Å². The Balaban J connectivity index is 1.57. The molecule has 0 aliphatic heterocycles. The number of rotatable bonds is 15. The fraction of sp³-hybridized carbons (Fsp3) is 0.412. The number of ether oxygens (including phenoxy) is 2. The van der Waals surface area contributed by atoms with Crippen molar-refractivity contribution in [3.63, 3.8) is 0 Å². The molecule has 0 atom stereocenters. The maximum atomic E-state index is 16.8. The highest BCUT2D eigenvalue weighted by atomic mass is 35.5. The topological polar surface area (TPSA) is 114 Å². The van der Waals surface area contributed by atoms with Crippen LogP contribution in [-0.4, -0.2) is 67.1 Å². The third kappa shape index (κ3) is 9.15. The lowest BCUT2D eigenvalue weighted by atomic mass is 10.0. The van der Waals surface area contributed by atoms with Crippen LogP contribution in [0.25, 0.3) is 33.5 Å². The number of hydrogen-bond donors (Lipinski definition) is 0. The zero-order valence-electron chi connectivity index (χ0n) is 29.7. The molecule has 10 nitrogen and oxygen atoms in total. The Labute approximate surface area is 302 Å². The van der Waals surface area contributed by atoms with Gasteiger partial charge in [0.05, 0.1) is 33.1 Å². The molecule has 0 saturated carbocycles. The zero-order chi connectivity index (χ0) is 37.3. The fourth-order valence-corrected chi connectivity index (χ4v) is 8.56. The Bertz CT molecular complexity index is 2170. The molecule has 0 aliphatic carbocycles. The molecular formula is C34H42ClF3N6O4SSi2. The molecule has 17 heteroatoms. The summed E-state index contributed by atoms with van der Waals surface area (Å²) in [7, 11) is -6.99. The van der Waals surface area contributed by atoms with Crippen LogP contribution in [0.4, 0.5) is 13.2 Å². The van der Waals surface area contributed by atoms with Gasteiger partial charge in [-0.2, -0.15) is 5.10 Å². The minimum Gasteiger partial charge on any atom is -0.361 e. The number of benzene rings is 1. The van der Waals surface area contributed by atoms with Crippen LogP contribution in [0.3, 0.4) is 0 Å². The lowest BCUT2D eigenvalue weighted by Gasteiger charge is -2.16. The van der Waals surface area contributed by atoms with E-state index in [4.69, 9.17) is 21.1 Å². The van der Waals surface area contributed by atoms with E-state index in [-0.39, 0.29) is 34.6 Å². The molecule has 274 valence electrons. The number of pyridine rings is 2. The Morgan fingerprint density at radius 2 is 1.55 bits per heavy atom. The first-order valence-corrected chi connectivity index (χ1v) is 25.8. The van der Waals surface area contributed by atoms with E-state index in [9.17, 15) is 8.42 Å². The van der Waals surface area contributed by atoms with E-state index < -0.39 is 66.0 Å². The van der Waals surface area contributed by atoms with Gasteiger partial charge in [0, 0.05) is 58.9 Å². The molecule has 0 unspecified atom stereocenters. The fourth-order valence-electron chi connectivity index (χ4n) is 5.30. The summed E-state index contributed by atoms with van der Waals surface area (Å²) in [4.78, 5) is 12.0. The normalized spacial score (nSPS) is 12.7. The summed E-state index contributed by atoms with van der Waals surface area (Å²) in [6, 6.07) is 5.78. The van der Waals surface area contributed by atoms with Crippen molar-refractivity contribution in [1.29, 1.82) is 0 Å². The van der Waals surface area contributed by atoms with Crippen molar-refractivity contribution >= 4 is 48.5 Å². The summed E-state index contributed by atoms with van der Waals surface area (Å²) >= 11 is 5.97. The molecule has 0 radical (unpaired) electrons. The number of fused-ring (bicyclic) bond motifs is 1. The van der Waals surface area contributed by atoms with E-state index in [1.165, 1.54) is 36.0 Å². The second kappa shape index (κ2) is 15.3. The predicted octanol–water partition coefficient (Wildman–Crippen LogP) is 8.33. The highest BCUT2D eigenvalue weighted by Gasteiger charge is 2.29. The number of nitrogens with zero attached hydrogens (tertiary/aromatic N) is 6. The van der Waals surface area contributed by atoms with Crippen LogP contribution in [0, 0.1) is 24.4 Å². The van der Waals surface area contributed by atoms with Crippen LogP contribution < -0.4 is 0 Å². The molecule has 0 aliphatic rings. The third-order valence-corrected chi connectivity index (χ3v) is 13.5. The van der Waals surface area contributed by atoms with Gasteiger partial charge in [-0.25, -0.2) is 31.3 Å². The van der Waals surface area contributed by atoms with Crippen molar-refractivity contribution in [3.05, 3.63) is 76.8 Å². The van der Waals surface area contributed by atoms with E-state index in [1.54, 1.807) is 17.0 Å². The molecule has 51 heavy (non-hydrogen) atoms. The maximum Gasteiger partial charge on any atom is 0.186 e. The average Bonchev–Trinajstić information content (AvgIpc) is 3.65. The molecule has 5 rings (SSSR count). The van der Waals surface area contributed by atoms with Gasteiger partial charge in [-0.15, -0.1) is 0 Å². The first kappa shape index (κ1) is 38.8. The lowest BCUT2D eigenvalue weighted by Crippen LogP contribution is -2.22. The van der Waals surface area contributed by atoms with E-state index in [1.807, 2.05) is 0 Å². The standard InChI is InChI=1S/C34H42ClF3N6O4SSi2/c1-22-28(16-23(35)17-40-22)49(45,46)19-27-31(38)29(26(36)18-41-27)24-8-9-25-32(34-39-10-11-43(34)20-47-12-14-50(2,3)4)42-44(33(25)30(24)37)21-48-13-15-51(5,6)7/h8-11,16-18H,12-15,19-21H2,1-7H3. The molecule has 1 aromatic carbocycles. The van der Waals surface area contributed by atoms with Crippen molar-refractivity contribution in [2.75, 3.05) is 13.2 Å². The molecule has 4 aromatic heterocycles. The molecule has 5 aromatic rings. The highest BCUT2D eigenvalue weighted by Crippen LogP contribution is 2.37. The van der Waals surface area contributed by atoms with E-state index in [0.29, 0.717) is 36.3 Å². The van der Waals surface area contributed by atoms with Crippen molar-refractivity contribution in [2.24, 2.45) is 0 Å². The SMILES string of the molecule is Cc1ncc(Cl)cc1S(=O)(=O)Cc1ncc(F)c(-c2ccc3c(-c4nccn4COCC[Si](C)(C)C)nn(COCC[Si](C)(C)C)c3c2F)c1F. The maximum absolute atomic E-state index is 16.8. The summed E-state index contributed by atoms with van der Waals surface area (Å²) in [6.07, 6.45) is 5.29. The first-order chi connectivity index (χ1) is 23.9. The zero-order valence-corrected chi connectivity index (χ0v) is 33.3. The molecule has 0 spiro atoms. The second-order valence-corrected chi connectivity index (χ2v) is 28.5. The first-order valence-electron chi connectivity index (χ1n) is 16.4. The Morgan fingerprint density at radius 3 is 2.22 bits per heavy atom. The van der Waals surface area contributed by atoms with E-state index in [2.05, 4.69) is 59.3 Å². The van der Waals surface area contributed by atoms with Gasteiger partial charge in [0.25, 0.3) is 0 Å². The van der Waals surface area contributed by atoms with Gasteiger partial charge in [-0.1, -0.05) is 56.9 Å². The predicted molar refractivity (Wildman–Crippen MR) is 197 cm³/mol. The van der Waals surface area contributed by atoms with Crippen molar-refractivity contribution in [3.8, 4) is 22.6 Å². The van der Waals surface area contributed by atoms with Gasteiger partial charge < -0.3 is 14.0 Å². The number of halogens is 4. The molecule has 0 fully saturated rings.